The van der Waals surface area contributed by atoms with Gasteiger partial charge in [-0.05, 0) is 31.4 Å². The maximum Gasteiger partial charge on any atom is 0.573 e. The first kappa shape index (κ1) is 13.1. The summed E-state index contributed by atoms with van der Waals surface area (Å²) in [6, 6.07) is 6.28. The Kier molecular flexibility index (Phi) is 3.68. The van der Waals surface area contributed by atoms with E-state index in [1.807, 2.05) is 6.92 Å². The lowest BCUT2D eigenvalue weighted by Crippen LogP contribution is -2.20. The van der Waals surface area contributed by atoms with Gasteiger partial charge in [0.15, 0.2) is 5.75 Å². The Bertz CT molecular complexity index is 401. The van der Waals surface area contributed by atoms with Gasteiger partial charge in [-0.1, -0.05) is 25.0 Å². The van der Waals surface area contributed by atoms with Gasteiger partial charge in [0.1, 0.15) is 0 Å². The van der Waals surface area contributed by atoms with E-state index in [0.29, 0.717) is 5.69 Å². The summed E-state index contributed by atoms with van der Waals surface area (Å²) in [6.07, 6.45) is -1.21. The number of benzene rings is 1. The van der Waals surface area contributed by atoms with Crippen LogP contribution in [0, 0.1) is 5.92 Å². The van der Waals surface area contributed by atoms with Gasteiger partial charge in [0.05, 0.1) is 5.69 Å². The Morgan fingerprint density at radius 2 is 2.00 bits per heavy atom. The topological polar surface area (TPSA) is 21.3 Å². The Morgan fingerprint density at radius 1 is 1.33 bits per heavy atom. The summed E-state index contributed by atoms with van der Waals surface area (Å²) < 4.78 is 40.7. The van der Waals surface area contributed by atoms with Gasteiger partial charge in [0.2, 0.25) is 0 Å². The van der Waals surface area contributed by atoms with Crippen LogP contribution in [0.3, 0.4) is 0 Å². The second kappa shape index (κ2) is 5.08. The molecular formula is C13H16F3NO. The van der Waals surface area contributed by atoms with Crippen LogP contribution in [-0.4, -0.2) is 12.4 Å². The molecule has 0 aromatic heterocycles. The van der Waals surface area contributed by atoms with E-state index in [-0.39, 0.29) is 11.8 Å². The number of ether oxygens (including phenoxy) is 1. The molecule has 0 bridgehead atoms. The quantitative estimate of drug-likeness (QED) is 0.856. The predicted molar refractivity (Wildman–Crippen MR) is 63.6 cm³/mol. The predicted octanol–water partition coefficient (Wildman–Crippen LogP) is 4.19. The molecule has 0 amide bonds. The molecule has 1 aliphatic carbocycles. The molecule has 0 aliphatic heterocycles. The summed E-state index contributed by atoms with van der Waals surface area (Å²) >= 11 is 0. The van der Waals surface area contributed by atoms with E-state index < -0.39 is 6.36 Å². The fraction of sp³-hybridized carbons (Fsp3) is 0.538. The first-order chi connectivity index (χ1) is 8.44. The molecule has 2 nitrogen and oxygen atoms in total. The van der Waals surface area contributed by atoms with Gasteiger partial charge in [0, 0.05) is 6.04 Å². The van der Waals surface area contributed by atoms with Crippen molar-refractivity contribution in [2.24, 2.45) is 5.92 Å². The van der Waals surface area contributed by atoms with Crippen LogP contribution < -0.4 is 10.1 Å². The first-order valence-corrected chi connectivity index (χ1v) is 6.05. The van der Waals surface area contributed by atoms with E-state index in [4.69, 9.17) is 0 Å². The van der Waals surface area contributed by atoms with Crippen LogP contribution >= 0.6 is 0 Å². The van der Waals surface area contributed by atoms with Gasteiger partial charge in [0.25, 0.3) is 0 Å². The summed E-state index contributed by atoms with van der Waals surface area (Å²) in [5.74, 6) is 0.552. The number of alkyl halides is 3. The molecule has 0 saturated heterocycles. The maximum atomic E-state index is 12.2. The lowest BCUT2D eigenvalue weighted by molar-refractivity contribution is -0.274. The fourth-order valence-electron chi connectivity index (χ4n) is 1.98. The normalized spacial score (nSPS) is 17.3. The van der Waals surface area contributed by atoms with Crippen molar-refractivity contribution in [2.45, 2.75) is 38.6 Å². The van der Waals surface area contributed by atoms with Crippen molar-refractivity contribution in [1.82, 2.24) is 0 Å². The molecule has 1 unspecified atom stereocenters. The molecule has 5 heteroatoms. The maximum absolute atomic E-state index is 12.2. The lowest BCUT2D eigenvalue weighted by Gasteiger charge is -2.18. The van der Waals surface area contributed by atoms with E-state index >= 15 is 0 Å². The third-order valence-corrected chi connectivity index (χ3v) is 2.90. The third-order valence-electron chi connectivity index (χ3n) is 2.90. The van der Waals surface area contributed by atoms with Crippen molar-refractivity contribution in [2.75, 3.05) is 5.32 Å². The van der Waals surface area contributed by atoms with E-state index in [1.54, 1.807) is 12.1 Å². The van der Waals surface area contributed by atoms with Gasteiger partial charge in [-0.15, -0.1) is 13.2 Å². The number of hydrogen-bond donors (Lipinski definition) is 1. The van der Waals surface area contributed by atoms with E-state index in [2.05, 4.69) is 10.1 Å². The van der Waals surface area contributed by atoms with Crippen LogP contribution in [0.4, 0.5) is 18.9 Å². The minimum absolute atomic E-state index is 0.149. The molecule has 0 spiro atoms. The van der Waals surface area contributed by atoms with Crippen LogP contribution in [0.1, 0.15) is 26.2 Å². The minimum atomic E-state index is -4.66. The van der Waals surface area contributed by atoms with Gasteiger partial charge in [-0.25, -0.2) is 0 Å². The molecule has 1 fully saturated rings. The molecule has 1 N–H and O–H groups in total. The highest BCUT2D eigenvalue weighted by Crippen LogP contribution is 2.35. The molecule has 1 atom stereocenters. The van der Waals surface area contributed by atoms with E-state index in [1.165, 1.54) is 25.0 Å². The van der Waals surface area contributed by atoms with Crippen molar-refractivity contribution in [3.63, 3.8) is 0 Å². The SMILES string of the molecule is CC(CC1CC1)Nc1ccccc1OC(F)(F)F. The molecule has 0 radical (unpaired) electrons. The second-order valence-corrected chi connectivity index (χ2v) is 4.77. The van der Waals surface area contributed by atoms with Crippen LogP contribution in [0.5, 0.6) is 5.75 Å². The minimum Gasteiger partial charge on any atom is -0.404 e. The van der Waals surface area contributed by atoms with Gasteiger partial charge in [-0.2, -0.15) is 0 Å². The molecule has 1 aromatic rings. The summed E-state index contributed by atoms with van der Waals surface area (Å²) in [5.41, 5.74) is 0.392. The van der Waals surface area contributed by atoms with Crippen LogP contribution in [-0.2, 0) is 0 Å². The highest BCUT2D eigenvalue weighted by atomic mass is 19.4. The fourth-order valence-corrected chi connectivity index (χ4v) is 1.98. The number of anilines is 1. The smallest absolute Gasteiger partial charge is 0.404 e. The van der Waals surface area contributed by atoms with Crippen LogP contribution in [0.2, 0.25) is 0 Å². The molecule has 2 rings (SSSR count). The molecular weight excluding hydrogens is 243 g/mol. The molecule has 100 valence electrons. The molecule has 1 aliphatic rings. The number of para-hydroxylation sites is 2. The zero-order chi connectivity index (χ0) is 13.2. The Balaban J connectivity index is 2.01. The zero-order valence-electron chi connectivity index (χ0n) is 10.1. The Morgan fingerprint density at radius 3 is 2.61 bits per heavy atom. The van der Waals surface area contributed by atoms with Crippen LogP contribution in [0.25, 0.3) is 0 Å². The van der Waals surface area contributed by atoms with Crippen molar-refractivity contribution in [1.29, 1.82) is 0 Å². The summed E-state index contributed by atoms with van der Waals surface area (Å²) in [4.78, 5) is 0. The van der Waals surface area contributed by atoms with Crippen molar-refractivity contribution in [3.05, 3.63) is 24.3 Å². The highest BCUT2D eigenvalue weighted by Gasteiger charge is 2.32. The van der Waals surface area contributed by atoms with Crippen molar-refractivity contribution >= 4 is 5.69 Å². The summed E-state index contributed by atoms with van der Waals surface area (Å²) in [7, 11) is 0. The molecule has 0 heterocycles. The first-order valence-electron chi connectivity index (χ1n) is 6.05. The average molecular weight is 259 g/mol. The highest BCUT2D eigenvalue weighted by molar-refractivity contribution is 5.56. The number of rotatable bonds is 5. The average Bonchev–Trinajstić information content (AvgIpc) is 3.02. The molecule has 18 heavy (non-hydrogen) atoms. The van der Waals surface area contributed by atoms with E-state index in [0.717, 1.165) is 12.3 Å². The number of hydrogen-bond acceptors (Lipinski definition) is 2. The second-order valence-electron chi connectivity index (χ2n) is 4.77. The Labute approximate surface area is 104 Å². The van der Waals surface area contributed by atoms with Crippen molar-refractivity contribution in [3.8, 4) is 5.75 Å². The number of nitrogens with one attached hydrogen (secondary N) is 1. The third kappa shape index (κ3) is 4.13. The van der Waals surface area contributed by atoms with Crippen LogP contribution in [0.15, 0.2) is 24.3 Å². The van der Waals surface area contributed by atoms with Crippen molar-refractivity contribution < 1.29 is 17.9 Å². The largest absolute Gasteiger partial charge is 0.573 e. The monoisotopic (exact) mass is 259 g/mol. The molecule has 1 saturated carbocycles. The standard InChI is InChI=1S/C13H16F3NO/c1-9(8-10-6-7-10)17-11-4-2-3-5-12(11)18-13(14,15)16/h2-5,9-10,17H,6-8H2,1H3. The summed E-state index contributed by atoms with van der Waals surface area (Å²) in [6.45, 7) is 1.97. The Hall–Kier alpha value is -1.39. The summed E-state index contributed by atoms with van der Waals surface area (Å²) in [5, 5.41) is 3.08. The molecule has 1 aromatic carbocycles. The lowest BCUT2D eigenvalue weighted by atomic mass is 10.1. The zero-order valence-corrected chi connectivity index (χ0v) is 10.1. The van der Waals surface area contributed by atoms with Gasteiger partial charge in [-0.3, -0.25) is 0 Å². The van der Waals surface area contributed by atoms with E-state index in [9.17, 15) is 13.2 Å². The number of halogens is 3. The van der Waals surface area contributed by atoms with Gasteiger partial charge >= 0.3 is 6.36 Å². The van der Waals surface area contributed by atoms with Gasteiger partial charge < -0.3 is 10.1 Å².